The summed E-state index contributed by atoms with van der Waals surface area (Å²) in [6, 6.07) is 11.0. The first kappa shape index (κ1) is 26.5. The van der Waals surface area contributed by atoms with Crippen molar-refractivity contribution in [3.63, 3.8) is 0 Å². The van der Waals surface area contributed by atoms with Crippen LogP contribution in [0.4, 0.5) is 17.6 Å². The molecule has 1 aliphatic carbocycles. The van der Waals surface area contributed by atoms with Gasteiger partial charge in [-0.2, -0.15) is 9.97 Å². The molecule has 6 nitrogen and oxygen atoms in total. The van der Waals surface area contributed by atoms with Crippen molar-refractivity contribution in [2.45, 2.75) is 89.0 Å². The van der Waals surface area contributed by atoms with Gasteiger partial charge in [-0.15, -0.1) is 0 Å². The Morgan fingerprint density at radius 1 is 0.973 bits per heavy atom. The van der Waals surface area contributed by atoms with E-state index in [-0.39, 0.29) is 5.41 Å². The van der Waals surface area contributed by atoms with Gasteiger partial charge in [0.1, 0.15) is 11.6 Å². The van der Waals surface area contributed by atoms with Gasteiger partial charge < -0.3 is 20.4 Å². The van der Waals surface area contributed by atoms with E-state index in [4.69, 9.17) is 33.8 Å². The van der Waals surface area contributed by atoms with Crippen LogP contribution in [0.2, 0.25) is 5.02 Å². The molecule has 3 fully saturated rings. The maximum atomic E-state index is 6.38. The third-order valence-electron chi connectivity index (χ3n) is 8.54. The van der Waals surface area contributed by atoms with Crippen LogP contribution in [0.3, 0.4) is 0 Å². The summed E-state index contributed by atoms with van der Waals surface area (Å²) in [4.78, 5) is 14.7. The number of anilines is 3. The van der Waals surface area contributed by atoms with Crippen LogP contribution in [0.15, 0.2) is 30.3 Å². The zero-order valence-corrected chi connectivity index (χ0v) is 23.7. The third-order valence-corrected chi connectivity index (χ3v) is 9.02. The molecular weight excluding hydrogens is 500 g/mol. The van der Waals surface area contributed by atoms with E-state index < -0.39 is 0 Å². The number of aromatic nitrogens is 2. The maximum absolute atomic E-state index is 6.38. The second-order valence-corrected chi connectivity index (χ2v) is 12.0. The average Bonchev–Trinajstić information content (AvgIpc) is 2.93. The van der Waals surface area contributed by atoms with E-state index in [1.54, 1.807) is 0 Å². The summed E-state index contributed by atoms with van der Waals surface area (Å²) in [6.07, 6.45) is 13.5. The van der Waals surface area contributed by atoms with E-state index >= 15 is 0 Å². The number of halogens is 1. The molecule has 1 atom stereocenters. The topological polar surface area (TPSA) is 56.3 Å². The molecule has 200 valence electrons. The molecule has 1 aromatic carbocycles. The van der Waals surface area contributed by atoms with Crippen LogP contribution >= 0.6 is 23.8 Å². The smallest absolute Gasteiger partial charge is 0.232 e. The number of benzene rings is 1. The van der Waals surface area contributed by atoms with Crippen LogP contribution in [0.1, 0.15) is 83.1 Å². The van der Waals surface area contributed by atoms with Crippen molar-refractivity contribution < 1.29 is 0 Å². The van der Waals surface area contributed by atoms with Gasteiger partial charge in [0.15, 0.2) is 5.11 Å². The molecule has 0 amide bonds. The molecule has 8 heteroatoms. The van der Waals surface area contributed by atoms with Crippen molar-refractivity contribution in [3.05, 3.63) is 40.9 Å². The Labute approximate surface area is 232 Å². The lowest BCUT2D eigenvalue weighted by atomic mass is 9.69. The molecule has 3 heterocycles. The minimum absolute atomic E-state index is 0.0415. The van der Waals surface area contributed by atoms with Crippen molar-refractivity contribution in [3.8, 4) is 0 Å². The first-order chi connectivity index (χ1) is 18.0. The molecule has 5 rings (SSSR count). The lowest BCUT2D eigenvalue weighted by Gasteiger charge is -2.38. The molecule has 2 aliphatic heterocycles. The Hall–Kier alpha value is -2.12. The van der Waals surface area contributed by atoms with Crippen LogP contribution in [0, 0.1) is 0 Å². The monoisotopic (exact) mass is 540 g/mol. The highest BCUT2D eigenvalue weighted by Gasteiger charge is 2.34. The normalized spacial score (nSPS) is 21.9. The zero-order chi connectivity index (χ0) is 25.7. The number of nitrogens with zero attached hydrogens (tertiary/aromatic N) is 4. The van der Waals surface area contributed by atoms with Crippen LogP contribution in [0.5, 0.6) is 0 Å². The highest BCUT2D eigenvalue weighted by Crippen LogP contribution is 2.40. The Balaban J connectivity index is 1.33. The van der Waals surface area contributed by atoms with E-state index in [9.17, 15) is 0 Å². The molecule has 1 saturated carbocycles. The van der Waals surface area contributed by atoms with E-state index in [1.807, 2.05) is 6.07 Å². The first-order valence-corrected chi connectivity index (χ1v) is 15.0. The molecule has 2 saturated heterocycles. The molecule has 2 N–H and O–H groups in total. The summed E-state index contributed by atoms with van der Waals surface area (Å²) in [7, 11) is 0. The number of nitrogens with one attached hydrogen (secondary N) is 2. The van der Waals surface area contributed by atoms with Crippen LogP contribution in [0.25, 0.3) is 0 Å². The summed E-state index contributed by atoms with van der Waals surface area (Å²) in [6.45, 7) is 6.23. The van der Waals surface area contributed by atoms with Crippen LogP contribution in [-0.4, -0.2) is 47.3 Å². The molecule has 0 bridgehead atoms. The van der Waals surface area contributed by atoms with Crippen molar-refractivity contribution in [1.29, 1.82) is 0 Å². The summed E-state index contributed by atoms with van der Waals surface area (Å²) < 4.78 is 0. The SMILES string of the molecule is CC1CCCCN1c1cc(N2CCCCC2)nc(NC(=S)NCC2(c3cccc(Cl)c3)CCCCC2)n1. The number of piperidine rings is 2. The summed E-state index contributed by atoms with van der Waals surface area (Å²) in [5.41, 5.74) is 1.35. The lowest BCUT2D eigenvalue weighted by Crippen LogP contribution is -2.44. The fourth-order valence-corrected chi connectivity index (χ4v) is 6.71. The Kier molecular flexibility index (Phi) is 8.71. The van der Waals surface area contributed by atoms with E-state index in [0.717, 1.165) is 55.7 Å². The third kappa shape index (κ3) is 6.48. The summed E-state index contributed by atoms with van der Waals surface area (Å²) in [5.74, 6) is 2.61. The Morgan fingerprint density at radius 2 is 1.70 bits per heavy atom. The van der Waals surface area contributed by atoms with Crippen LogP contribution in [-0.2, 0) is 5.41 Å². The molecule has 1 unspecified atom stereocenters. The molecule has 0 radical (unpaired) electrons. The Bertz CT molecular complexity index is 1070. The highest BCUT2D eigenvalue weighted by molar-refractivity contribution is 7.80. The highest BCUT2D eigenvalue weighted by atomic mass is 35.5. The standard InChI is InChI=1S/C29H41ClN6S/c1-22-11-4-9-18-36(22)26-20-25(35-16-7-3-8-17-35)32-27(33-26)34-28(37)31-21-29(14-5-2-6-15-29)23-12-10-13-24(30)19-23/h10,12-13,19-20,22H,2-9,11,14-18,21H2,1H3,(H2,31,32,33,34,37). The van der Waals surface area contributed by atoms with Crippen molar-refractivity contribution >= 4 is 46.5 Å². The minimum atomic E-state index is 0.0415. The van der Waals surface area contributed by atoms with Gasteiger partial charge in [-0.1, -0.05) is 43.0 Å². The number of hydrogen-bond donors (Lipinski definition) is 2. The number of hydrogen-bond acceptors (Lipinski definition) is 5. The van der Waals surface area contributed by atoms with E-state index in [1.165, 1.54) is 63.4 Å². The molecule has 2 aromatic rings. The predicted molar refractivity (Wildman–Crippen MR) is 159 cm³/mol. The van der Waals surface area contributed by atoms with Crippen molar-refractivity contribution in [2.24, 2.45) is 0 Å². The van der Waals surface area contributed by atoms with Gasteiger partial charge in [0.05, 0.1) is 0 Å². The Morgan fingerprint density at radius 3 is 2.46 bits per heavy atom. The first-order valence-electron chi connectivity index (χ1n) is 14.2. The summed E-state index contributed by atoms with van der Waals surface area (Å²) in [5, 5.41) is 8.27. The zero-order valence-electron chi connectivity index (χ0n) is 22.1. The van der Waals surface area contributed by atoms with Gasteiger partial charge in [0, 0.05) is 48.7 Å². The lowest BCUT2D eigenvalue weighted by molar-refractivity contribution is 0.292. The van der Waals surface area contributed by atoms with E-state index in [0.29, 0.717) is 17.1 Å². The van der Waals surface area contributed by atoms with Gasteiger partial charge in [0.25, 0.3) is 0 Å². The number of rotatable bonds is 6. The van der Waals surface area contributed by atoms with Gasteiger partial charge >= 0.3 is 0 Å². The molecule has 0 spiro atoms. The predicted octanol–water partition coefficient (Wildman–Crippen LogP) is 6.69. The maximum Gasteiger partial charge on any atom is 0.232 e. The largest absolute Gasteiger partial charge is 0.361 e. The summed E-state index contributed by atoms with van der Waals surface area (Å²) >= 11 is 12.2. The van der Waals surface area contributed by atoms with Gasteiger partial charge in [-0.05, 0) is 88.2 Å². The van der Waals surface area contributed by atoms with Gasteiger partial charge in [-0.3, -0.25) is 0 Å². The number of thiocarbonyl (C=S) groups is 1. The minimum Gasteiger partial charge on any atom is -0.361 e. The van der Waals surface area contributed by atoms with Crippen molar-refractivity contribution in [1.82, 2.24) is 15.3 Å². The fraction of sp³-hybridized carbons (Fsp3) is 0.621. The van der Waals surface area contributed by atoms with Crippen molar-refractivity contribution in [2.75, 3.05) is 41.3 Å². The van der Waals surface area contributed by atoms with Gasteiger partial charge in [0.2, 0.25) is 5.95 Å². The second kappa shape index (κ2) is 12.2. The molecular formula is C29H41ClN6S. The molecule has 1 aromatic heterocycles. The fourth-order valence-electron chi connectivity index (χ4n) is 6.36. The molecule has 37 heavy (non-hydrogen) atoms. The van der Waals surface area contributed by atoms with E-state index in [2.05, 4.69) is 51.6 Å². The molecule has 3 aliphatic rings. The second-order valence-electron chi connectivity index (χ2n) is 11.2. The quantitative estimate of drug-likeness (QED) is 0.396. The van der Waals surface area contributed by atoms with Crippen LogP contribution < -0.4 is 20.4 Å². The average molecular weight is 541 g/mol. The van der Waals surface area contributed by atoms with Gasteiger partial charge in [-0.25, -0.2) is 0 Å².